The van der Waals surface area contributed by atoms with Crippen molar-refractivity contribution >= 4 is 5.97 Å². The molecule has 2 rings (SSSR count). The van der Waals surface area contributed by atoms with Crippen molar-refractivity contribution in [1.82, 2.24) is 10.2 Å². The van der Waals surface area contributed by atoms with Crippen LogP contribution in [0.15, 0.2) is 24.4 Å². The summed E-state index contributed by atoms with van der Waals surface area (Å²) in [5.41, 5.74) is 3.34. The van der Waals surface area contributed by atoms with Crippen LogP contribution in [0, 0.1) is 6.92 Å². The molecular weight excluding hydrogens is 244 g/mol. The molecule has 100 valence electrons. The smallest absolute Gasteiger partial charge is 0.307 e. The van der Waals surface area contributed by atoms with Crippen LogP contribution in [0.25, 0.3) is 11.3 Å². The molecule has 0 fully saturated rings. The summed E-state index contributed by atoms with van der Waals surface area (Å²) in [6.07, 6.45) is 1.51. The van der Waals surface area contributed by atoms with Gasteiger partial charge in [0.2, 0.25) is 0 Å². The Morgan fingerprint density at radius 2 is 2.26 bits per heavy atom. The van der Waals surface area contributed by atoms with Crippen LogP contribution < -0.4 is 4.74 Å². The summed E-state index contributed by atoms with van der Waals surface area (Å²) >= 11 is 0. The molecule has 0 aliphatic rings. The zero-order chi connectivity index (χ0) is 13.8. The van der Waals surface area contributed by atoms with Gasteiger partial charge in [-0.2, -0.15) is 5.10 Å². The number of nitrogens with one attached hydrogen (secondary N) is 1. The van der Waals surface area contributed by atoms with Gasteiger partial charge in [-0.25, -0.2) is 0 Å². The molecule has 0 atom stereocenters. The second-order valence-electron chi connectivity index (χ2n) is 4.25. The summed E-state index contributed by atoms with van der Waals surface area (Å²) in [4.78, 5) is 10.8. The van der Waals surface area contributed by atoms with Crippen LogP contribution in [0.3, 0.4) is 0 Å². The van der Waals surface area contributed by atoms with Crippen molar-refractivity contribution in [3.8, 4) is 17.0 Å². The topological polar surface area (TPSA) is 75.2 Å². The van der Waals surface area contributed by atoms with Crippen molar-refractivity contribution in [2.24, 2.45) is 0 Å². The molecule has 0 aliphatic carbocycles. The lowest BCUT2D eigenvalue weighted by Gasteiger charge is -2.09. The van der Waals surface area contributed by atoms with Crippen molar-refractivity contribution in [1.29, 1.82) is 0 Å². The molecule has 0 aliphatic heterocycles. The van der Waals surface area contributed by atoms with Gasteiger partial charge in [-0.1, -0.05) is 0 Å². The molecule has 0 saturated heterocycles. The molecule has 2 N–H and O–H groups in total. The molecule has 5 heteroatoms. The SMILES string of the molecule is CCOc1ccc(-c2[nH]ncc2CC(=O)O)cc1C. The van der Waals surface area contributed by atoms with Gasteiger partial charge in [-0.05, 0) is 37.6 Å². The highest BCUT2D eigenvalue weighted by molar-refractivity contribution is 5.75. The number of ether oxygens (including phenoxy) is 1. The van der Waals surface area contributed by atoms with E-state index in [1.165, 1.54) is 0 Å². The van der Waals surface area contributed by atoms with E-state index in [1.54, 1.807) is 6.20 Å². The van der Waals surface area contributed by atoms with Gasteiger partial charge >= 0.3 is 5.97 Å². The van der Waals surface area contributed by atoms with Crippen LogP contribution in [-0.2, 0) is 11.2 Å². The lowest BCUT2D eigenvalue weighted by molar-refractivity contribution is -0.136. The number of nitrogens with zero attached hydrogens (tertiary/aromatic N) is 1. The normalized spacial score (nSPS) is 10.4. The molecule has 1 aromatic carbocycles. The first-order valence-electron chi connectivity index (χ1n) is 6.09. The third-order valence-electron chi connectivity index (χ3n) is 2.82. The molecular formula is C14H16N2O3. The van der Waals surface area contributed by atoms with Crippen LogP contribution in [0.4, 0.5) is 0 Å². The molecule has 0 spiro atoms. The van der Waals surface area contributed by atoms with Crippen molar-refractivity contribution in [2.75, 3.05) is 6.61 Å². The van der Waals surface area contributed by atoms with E-state index in [2.05, 4.69) is 10.2 Å². The van der Waals surface area contributed by atoms with Crippen LogP contribution in [-0.4, -0.2) is 27.9 Å². The van der Waals surface area contributed by atoms with E-state index in [0.717, 1.165) is 22.6 Å². The van der Waals surface area contributed by atoms with Gasteiger partial charge in [0.25, 0.3) is 0 Å². The summed E-state index contributed by atoms with van der Waals surface area (Å²) in [6.45, 7) is 4.52. The Bertz CT molecular complexity index is 590. The van der Waals surface area contributed by atoms with Gasteiger partial charge in [-0.3, -0.25) is 9.89 Å². The fourth-order valence-corrected chi connectivity index (χ4v) is 1.98. The minimum absolute atomic E-state index is 0.0436. The second-order valence-corrected chi connectivity index (χ2v) is 4.25. The molecule has 0 radical (unpaired) electrons. The number of carboxylic acids is 1. The molecule has 0 amide bonds. The Kier molecular flexibility index (Phi) is 3.85. The van der Waals surface area contributed by atoms with Gasteiger partial charge in [0, 0.05) is 11.1 Å². The lowest BCUT2D eigenvalue weighted by atomic mass is 10.0. The number of hydrogen-bond donors (Lipinski definition) is 2. The molecule has 0 unspecified atom stereocenters. The molecule has 1 aromatic heterocycles. The van der Waals surface area contributed by atoms with Crippen molar-refractivity contribution in [2.45, 2.75) is 20.3 Å². The molecule has 19 heavy (non-hydrogen) atoms. The largest absolute Gasteiger partial charge is 0.494 e. The average molecular weight is 260 g/mol. The van der Waals surface area contributed by atoms with E-state index < -0.39 is 5.97 Å². The van der Waals surface area contributed by atoms with Gasteiger partial charge in [0.15, 0.2) is 0 Å². The number of benzene rings is 1. The highest BCUT2D eigenvalue weighted by Gasteiger charge is 2.12. The zero-order valence-corrected chi connectivity index (χ0v) is 10.9. The predicted octanol–water partition coefficient (Wildman–Crippen LogP) is 2.41. The first kappa shape index (κ1) is 13.1. The van der Waals surface area contributed by atoms with E-state index in [1.807, 2.05) is 32.0 Å². The van der Waals surface area contributed by atoms with Gasteiger partial charge in [-0.15, -0.1) is 0 Å². The fraction of sp³-hybridized carbons (Fsp3) is 0.286. The van der Waals surface area contributed by atoms with E-state index in [9.17, 15) is 4.79 Å². The van der Waals surface area contributed by atoms with E-state index in [0.29, 0.717) is 12.2 Å². The Morgan fingerprint density at radius 1 is 1.47 bits per heavy atom. The molecule has 0 saturated carbocycles. The van der Waals surface area contributed by atoms with Crippen LogP contribution in [0.1, 0.15) is 18.1 Å². The first-order chi connectivity index (χ1) is 9.11. The monoisotopic (exact) mass is 260 g/mol. The zero-order valence-electron chi connectivity index (χ0n) is 10.9. The Labute approximate surface area is 111 Å². The molecule has 0 bridgehead atoms. The highest BCUT2D eigenvalue weighted by Crippen LogP contribution is 2.27. The number of aryl methyl sites for hydroxylation is 1. The summed E-state index contributed by atoms with van der Waals surface area (Å²) in [5.74, 6) is -0.0316. The Hall–Kier alpha value is -2.30. The van der Waals surface area contributed by atoms with Crippen molar-refractivity contribution < 1.29 is 14.6 Å². The van der Waals surface area contributed by atoms with E-state index >= 15 is 0 Å². The maximum absolute atomic E-state index is 10.8. The number of H-pyrrole nitrogens is 1. The maximum Gasteiger partial charge on any atom is 0.307 e. The average Bonchev–Trinajstić information content (AvgIpc) is 2.79. The van der Waals surface area contributed by atoms with Gasteiger partial charge < -0.3 is 9.84 Å². The quantitative estimate of drug-likeness (QED) is 0.865. The highest BCUT2D eigenvalue weighted by atomic mass is 16.5. The standard InChI is InChI=1S/C14H16N2O3/c1-3-19-12-5-4-10(6-9(12)2)14-11(7-13(17)18)8-15-16-14/h4-6,8H,3,7H2,1-2H3,(H,15,16)(H,17,18). The molecule has 5 nitrogen and oxygen atoms in total. The first-order valence-corrected chi connectivity index (χ1v) is 6.09. The third-order valence-corrected chi connectivity index (χ3v) is 2.82. The Balaban J connectivity index is 2.34. The van der Waals surface area contributed by atoms with Crippen LogP contribution >= 0.6 is 0 Å². The fourth-order valence-electron chi connectivity index (χ4n) is 1.98. The number of carboxylic acid groups (broad SMARTS) is 1. The van der Waals surface area contributed by atoms with Gasteiger partial charge in [0.1, 0.15) is 5.75 Å². The predicted molar refractivity (Wildman–Crippen MR) is 71.3 cm³/mol. The van der Waals surface area contributed by atoms with E-state index in [-0.39, 0.29) is 6.42 Å². The number of aromatic amines is 1. The summed E-state index contributed by atoms with van der Waals surface area (Å²) in [6, 6.07) is 5.75. The van der Waals surface area contributed by atoms with Crippen molar-refractivity contribution in [3.05, 3.63) is 35.5 Å². The maximum atomic E-state index is 10.8. The number of aliphatic carboxylic acids is 1. The number of aromatic nitrogens is 2. The summed E-state index contributed by atoms with van der Waals surface area (Å²) < 4.78 is 5.48. The summed E-state index contributed by atoms with van der Waals surface area (Å²) in [7, 11) is 0. The second kappa shape index (κ2) is 5.56. The van der Waals surface area contributed by atoms with E-state index in [4.69, 9.17) is 9.84 Å². The third kappa shape index (κ3) is 2.93. The molecule has 1 heterocycles. The Morgan fingerprint density at radius 3 is 2.89 bits per heavy atom. The molecule has 2 aromatic rings. The van der Waals surface area contributed by atoms with Crippen LogP contribution in [0.2, 0.25) is 0 Å². The number of rotatable bonds is 5. The number of hydrogen-bond acceptors (Lipinski definition) is 3. The lowest BCUT2D eigenvalue weighted by Crippen LogP contribution is -2.00. The van der Waals surface area contributed by atoms with Gasteiger partial charge in [0.05, 0.1) is 24.9 Å². The summed E-state index contributed by atoms with van der Waals surface area (Å²) in [5, 5.41) is 15.6. The minimum atomic E-state index is -0.870. The van der Waals surface area contributed by atoms with Crippen molar-refractivity contribution in [3.63, 3.8) is 0 Å². The number of carbonyl (C=O) groups is 1. The van der Waals surface area contributed by atoms with Crippen LogP contribution in [0.5, 0.6) is 5.75 Å². The minimum Gasteiger partial charge on any atom is -0.494 e.